The molecule has 0 fully saturated rings. The first kappa shape index (κ1) is 22.0. The van der Waals surface area contributed by atoms with Crippen molar-refractivity contribution >= 4 is 11.6 Å². The fraction of sp³-hybridized carbons (Fsp3) is 0.115. The van der Waals surface area contributed by atoms with Crippen LogP contribution in [0.1, 0.15) is 27.0 Å². The molecule has 0 saturated carbocycles. The number of nitrogens with zero attached hydrogens (tertiary/aromatic N) is 2. The molecule has 4 aromatic rings. The maximum absolute atomic E-state index is 13.3. The standard InChI is InChI=1S/C26H22FN3O3/c1-17-6-9-22(14-18(17)2)28-26(32)20-7-10-23(11-8-20)30-25(31)13-12-24(29-30)33-16-19-4-3-5-21(27)15-19/h3-15H,16H2,1-2H3,(H,28,32). The third-order valence-electron chi connectivity index (χ3n) is 5.19. The molecule has 0 unspecified atom stereocenters. The van der Waals surface area contributed by atoms with Gasteiger partial charge in [-0.15, -0.1) is 5.10 Å². The van der Waals surface area contributed by atoms with Crippen LogP contribution in [-0.4, -0.2) is 15.7 Å². The Balaban J connectivity index is 1.48. The van der Waals surface area contributed by atoms with Crippen molar-refractivity contribution in [1.82, 2.24) is 9.78 Å². The summed E-state index contributed by atoms with van der Waals surface area (Å²) in [4.78, 5) is 24.9. The predicted molar refractivity (Wildman–Crippen MR) is 124 cm³/mol. The van der Waals surface area contributed by atoms with Crippen molar-refractivity contribution < 1.29 is 13.9 Å². The summed E-state index contributed by atoms with van der Waals surface area (Å²) in [5.74, 6) is -0.386. The second-order valence-corrected chi connectivity index (χ2v) is 7.64. The summed E-state index contributed by atoms with van der Waals surface area (Å²) >= 11 is 0. The van der Waals surface area contributed by atoms with Crippen LogP contribution in [0.4, 0.5) is 10.1 Å². The van der Waals surface area contributed by atoms with Gasteiger partial charge >= 0.3 is 0 Å². The molecule has 0 aliphatic rings. The van der Waals surface area contributed by atoms with Crippen LogP contribution in [0.15, 0.2) is 83.7 Å². The average Bonchev–Trinajstić information content (AvgIpc) is 2.81. The Morgan fingerprint density at radius 3 is 2.48 bits per heavy atom. The quantitative estimate of drug-likeness (QED) is 0.464. The van der Waals surface area contributed by atoms with Crippen molar-refractivity contribution in [2.24, 2.45) is 0 Å². The first-order chi connectivity index (χ1) is 15.9. The van der Waals surface area contributed by atoms with Gasteiger partial charge in [0.05, 0.1) is 5.69 Å². The molecule has 0 saturated heterocycles. The minimum absolute atomic E-state index is 0.112. The lowest BCUT2D eigenvalue weighted by Crippen LogP contribution is -2.20. The number of anilines is 1. The van der Waals surface area contributed by atoms with Crippen molar-refractivity contribution in [3.63, 3.8) is 0 Å². The molecule has 0 spiro atoms. The van der Waals surface area contributed by atoms with Crippen molar-refractivity contribution in [2.45, 2.75) is 20.5 Å². The number of aryl methyl sites for hydroxylation is 2. The molecule has 166 valence electrons. The van der Waals surface area contributed by atoms with Crippen LogP contribution in [0, 0.1) is 19.7 Å². The number of rotatable bonds is 6. The van der Waals surface area contributed by atoms with Gasteiger partial charge in [0.2, 0.25) is 5.88 Å². The summed E-state index contributed by atoms with van der Waals surface area (Å²) in [5.41, 5.74) is 4.19. The highest BCUT2D eigenvalue weighted by molar-refractivity contribution is 6.04. The Kier molecular flexibility index (Phi) is 6.31. The maximum Gasteiger partial charge on any atom is 0.271 e. The summed E-state index contributed by atoms with van der Waals surface area (Å²) < 4.78 is 20.1. The van der Waals surface area contributed by atoms with Gasteiger partial charge in [0.25, 0.3) is 11.5 Å². The number of halogens is 1. The second-order valence-electron chi connectivity index (χ2n) is 7.64. The molecule has 33 heavy (non-hydrogen) atoms. The minimum Gasteiger partial charge on any atom is -0.472 e. The van der Waals surface area contributed by atoms with Crippen LogP contribution in [-0.2, 0) is 6.61 Å². The molecule has 1 amide bonds. The summed E-state index contributed by atoms with van der Waals surface area (Å²) in [6.07, 6.45) is 0. The highest BCUT2D eigenvalue weighted by Crippen LogP contribution is 2.16. The van der Waals surface area contributed by atoms with Crippen LogP contribution in [0.25, 0.3) is 5.69 Å². The normalized spacial score (nSPS) is 10.6. The lowest BCUT2D eigenvalue weighted by Gasteiger charge is -2.10. The molecule has 6 nitrogen and oxygen atoms in total. The first-order valence-corrected chi connectivity index (χ1v) is 10.4. The maximum atomic E-state index is 13.3. The highest BCUT2D eigenvalue weighted by Gasteiger charge is 2.09. The van der Waals surface area contributed by atoms with Gasteiger partial charge in [-0.25, -0.2) is 4.39 Å². The average molecular weight is 443 g/mol. The molecule has 4 rings (SSSR count). The molecule has 1 heterocycles. The summed E-state index contributed by atoms with van der Waals surface area (Å²) in [6.45, 7) is 4.11. The van der Waals surface area contributed by atoms with Crippen LogP contribution < -0.4 is 15.6 Å². The molecular weight excluding hydrogens is 421 g/mol. The van der Waals surface area contributed by atoms with E-state index in [-0.39, 0.29) is 29.8 Å². The van der Waals surface area contributed by atoms with Gasteiger partial charge in [-0.2, -0.15) is 4.68 Å². The Hall–Kier alpha value is -4.26. The molecule has 3 aromatic carbocycles. The lowest BCUT2D eigenvalue weighted by molar-refractivity contribution is 0.102. The summed E-state index contributed by atoms with van der Waals surface area (Å²) in [5, 5.41) is 7.10. The molecule has 0 aliphatic carbocycles. The fourth-order valence-electron chi connectivity index (χ4n) is 3.22. The number of carbonyl (C=O) groups excluding carboxylic acids is 1. The minimum atomic E-state index is -0.351. The zero-order chi connectivity index (χ0) is 23.4. The molecule has 1 N–H and O–H groups in total. The smallest absolute Gasteiger partial charge is 0.271 e. The third-order valence-corrected chi connectivity index (χ3v) is 5.19. The third kappa shape index (κ3) is 5.33. The largest absolute Gasteiger partial charge is 0.472 e. The van der Waals surface area contributed by atoms with Crippen LogP contribution >= 0.6 is 0 Å². The van der Waals surface area contributed by atoms with Crippen molar-refractivity contribution in [2.75, 3.05) is 5.32 Å². The van der Waals surface area contributed by atoms with Gasteiger partial charge < -0.3 is 10.1 Å². The Labute approximate surface area is 190 Å². The summed E-state index contributed by atoms with van der Waals surface area (Å²) in [6, 6.07) is 21.1. The molecule has 0 bridgehead atoms. The van der Waals surface area contributed by atoms with E-state index in [9.17, 15) is 14.0 Å². The van der Waals surface area contributed by atoms with Crippen molar-refractivity contribution in [1.29, 1.82) is 0 Å². The van der Waals surface area contributed by atoms with Gasteiger partial charge in [0.15, 0.2) is 0 Å². The Morgan fingerprint density at radius 1 is 0.970 bits per heavy atom. The van der Waals surface area contributed by atoms with Gasteiger partial charge in [0.1, 0.15) is 12.4 Å². The monoisotopic (exact) mass is 443 g/mol. The molecule has 0 radical (unpaired) electrons. The van der Waals surface area contributed by atoms with E-state index in [1.54, 1.807) is 36.4 Å². The Morgan fingerprint density at radius 2 is 1.76 bits per heavy atom. The van der Waals surface area contributed by atoms with E-state index in [0.29, 0.717) is 22.5 Å². The van der Waals surface area contributed by atoms with E-state index in [4.69, 9.17) is 4.74 Å². The SMILES string of the molecule is Cc1ccc(NC(=O)c2ccc(-n3nc(OCc4cccc(F)c4)ccc3=O)cc2)cc1C. The number of aromatic nitrogens is 2. The van der Waals surface area contributed by atoms with Gasteiger partial charge in [-0.1, -0.05) is 18.2 Å². The predicted octanol–water partition coefficient (Wildman–Crippen LogP) is 4.82. The Bertz CT molecular complexity index is 1360. The van der Waals surface area contributed by atoms with Gasteiger partial charge in [-0.3, -0.25) is 9.59 Å². The van der Waals surface area contributed by atoms with Crippen molar-refractivity contribution in [3.8, 4) is 11.6 Å². The van der Waals surface area contributed by atoms with E-state index in [2.05, 4.69) is 10.4 Å². The lowest BCUT2D eigenvalue weighted by atomic mass is 10.1. The van der Waals surface area contributed by atoms with Gasteiger partial charge in [0, 0.05) is 23.4 Å². The zero-order valence-electron chi connectivity index (χ0n) is 18.2. The number of ether oxygens (including phenoxy) is 1. The van der Waals surface area contributed by atoms with Gasteiger partial charge in [-0.05, 0) is 79.1 Å². The van der Waals surface area contributed by atoms with E-state index >= 15 is 0 Å². The molecule has 0 aliphatic heterocycles. The van der Waals surface area contributed by atoms with E-state index in [0.717, 1.165) is 11.1 Å². The molecular formula is C26H22FN3O3. The van der Waals surface area contributed by atoms with E-state index < -0.39 is 0 Å². The number of carbonyl (C=O) groups is 1. The molecule has 0 atom stereocenters. The van der Waals surface area contributed by atoms with E-state index in [1.165, 1.54) is 28.9 Å². The number of nitrogens with one attached hydrogen (secondary N) is 1. The number of benzene rings is 3. The zero-order valence-corrected chi connectivity index (χ0v) is 18.2. The first-order valence-electron chi connectivity index (χ1n) is 10.4. The number of amides is 1. The van der Waals surface area contributed by atoms with Crippen LogP contribution in [0.2, 0.25) is 0 Å². The van der Waals surface area contributed by atoms with Crippen LogP contribution in [0.3, 0.4) is 0 Å². The second kappa shape index (κ2) is 9.48. The summed E-state index contributed by atoms with van der Waals surface area (Å²) in [7, 11) is 0. The number of hydrogen-bond acceptors (Lipinski definition) is 4. The van der Waals surface area contributed by atoms with Crippen LogP contribution in [0.5, 0.6) is 5.88 Å². The molecule has 7 heteroatoms. The van der Waals surface area contributed by atoms with Crippen molar-refractivity contribution in [3.05, 3.63) is 117 Å². The number of hydrogen-bond donors (Lipinski definition) is 1. The van der Waals surface area contributed by atoms with E-state index in [1.807, 2.05) is 32.0 Å². The highest BCUT2D eigenvalue weighted by atomic mass is 19.1. The topological polar surface area (TPSA) is 73.2 Å². The fourth-order valence-corrected chi connectivity index (χ4v) is 3.22. The molecule has 1 aromatic heterocycles.